The Labute approximate surface area is 188 Å². The Morgan fingerprint density at radius 2 is 1.74 bits per heavy atom. The van der Waals surface area contributed by atoms with Crippen molar-refractivity contribution < 1.29 is 13.2 Å². The van der Waals surface area contributed by atoms with Crippen LogP contribution in [0.5, 0.6) is 0 Å². The number of nitrogens with zero attached hydrogens (tertiary/aromatic N) is 2. The molecule has 2 aromatic rings. The molecule has 1 N–H and O–H groups in total. The van der Waals surface area contributed by atoms with Crippen LogP contribution in [0.3, 0.4) is 0 Å². The van der Waals surface area contributed by atoms with E-state index in [1.54, 1.807) is 0 Å². The minimum absolute atomic E-state index is 0.0672. The summed E-state index contributed by atoms with van der Waals surface area (Å²) in [6.07, 6.45) is 0. The summed E-state index contributed by atoms with van der Waals surface area (Å²) in [7, 11) is -3.11. The molecule has 31 heavy (non-hydrogen) atoms. The van der Waals surface area contributed by atoms with E-state index in [4.69, 9.17) is 4.99 Å². The number of aryl methyl sites for hydroxylation is 4. The molecule has 164 valence electrons. The first-order valence-corrected chi connectivity index (χ1v) is 13.1. The fourth-order valence-corrected chi connectivity index (χ4v) is 6.84. The minimum Gasteiger partial charge on any atom is -0.325 e. The van der Waals surface area contributed by atoms with Gasteiger partial charge in [0, 0.05) is 11.4 Å². The summed E-state index contributed by atoms with van der Waals surface area (Å²) in [5.74, 6) is 0.261. The molecule has 0 spiro atoms. The van der Waals surface area contributed by atoms with Crippen molar-refractivity contribution in [2.75, 3.05) is 27.5 Å². The number of hydrogen-bond acceptors (Lipinski definition) is 6. The fraction of sp³-hybridized carbons (Fsp3) is 0.391. The van der Waals surface area contributed by atoms with Gasteiger partial charge in [-0.25, -0.2) is 8.42 Å². The number of carbonyl (C=O) groups excluding carboxylic acids is 1. The normalized spacial score (nSPS) is 21.7. The number of thioether (sulfide) groups is 1. The van der Waals surface area contributed by atoms with Gasteiger partial charge in [-0.2, -0.15) is 0 Å². The van der Waals surface area contributed by atoms with E-state index in [1.807, 2.05) is 62.9 Å². The third-order valence-electron chi connectivity index (χ3n) is 5.73. The minimum atomic E-state index is -3.11. The summed E-state index contributed by atoms with van der Waals surface area (Å²) in [4.78, 5) is 19.4. The van der Waals surface area contributed by atoms with Crippen LogP contribution >= 0.6 is 11.8 Å². The van der Waals surface area contributed by atoms with Gasteiger partial charge in [0.1, 0.15) is 0 Å². The molecule has 0 aliphatic carbocycles. The second kappa shape index (κ2) is 8.31. The number of fused-ring (bicyclic) bond motifs is 1. The van der Waals surface area contributed by atoms with E-state index in [0.29, 0.717) is 0 Å². The molecule has 2 atom stereocenters. The molecule has 0 bridgehead atoms. The van der Waals surface area contributed by atoms with Crippen LogP contribution in [0.1, 0.15) is 22.3 Å². The molecule has 0 radical (unpaired) electrons. The second-order valence-corrected chi connectivity index (χ2v) is 11.5. The van der Waals surface area contributed by atoms with E-state index in [2.05, 4.69) is 11.4 Å². The Kier molecular flexibility index (Phi) is 5.87. The number of anilines is 2. The zero-order valence-electron chi connectivity index (χ0n) is 18.2. The highest BCUT2D eigenvalue weighted by molar-refractivity contribution is 8.14. The smallest absolute Gasteiger partial charge is 0.234 e. The molecule has 1 amide bonds. The molecule has 2 aliphatic rings. The third kappa shape index (κ3) is 4.65. The predicted octanol–water partition coefficient (Wildman–Crippen LogP) is 3.63. The predicted molar refractivity (Wildman–Crippen MR) is 129 cm³/mol. The second-order valence-electron chi connectivity index (χ2n) is 8.44. The topological polar surface area (TPSA) is 78.8 Å². The fourth-order valence-electron chi connectivity index (χ4n) is 4.08. The number of nitrogens with one attached hydrogen (secondary N) is 1. The monoisotopic (exact) mass is 457 g/mol. The summed E-state index contributed by atoms with van der Waals surface area (Å²) in [5, 5.41) is 3.70. The number of benzene rings is 2. The number of hydrogen-bond donors (Lipinski definition) is 1. The van der Waals surface area contributed by atoms with Crippen LogP contribution in [0.4, 0.5) is 11.4 Å². The lowest BCUT2D eigenvalue weighted by Gasteiger charge is -2.28. The standard InChI is InChI=1S/C23H27N3O3S2/c1-14-5-7-16(3)18(9-14)24-22(27)11-30-23-25-19-12-31(28,29)13-21(19)26(23)20-10-15(2)6-8-17(20)4/h5-10,19,21H,11-13H2,1-4H3,(H,24,27)/t19-,21-/m0/s1. The molecule has 4 rings (SSSR count). The van der Waals surface area contributed by atoms with Gasteiger partial charge in [0.05, 0.1) is 29.3 Å². The Balaban J connectivity index is 1.55. The van der Waals surface area contributed by atoms with Gasteiger partial charge >= 0.3 is 0 Å². The molecule has 0 saturated carbocycles. The number of carbonyl (C=O) groups is 1. The van der Waals surface area contributed by atoms with Crippen molar-refractivity contribution in [2.45, 2.75) is 39.8 Å². The molecular formula is C23H27N3O3S2. The molecule has 2 aliphatic heterocycles. The lowest BCUT2D eigenvalue weighted by Crippen LogP contribution is -2.40. The first kappa shape index (κ1) is 21.9. The van der Waals surface area contributed by atoms with Gasteiger partial charge in [-0.1, -0.05) is 36.0 Å². The van der Waals surface area contributed by atoms with Crippen molar-refractivity contribution >= 4 is 44.0 Å². The van der Waals surface area contributed by atoms with E-state index in [1.165, 1.54) is 11.8 Å². The molecule has 6 nitrogen and oxygen atoms in total. The van der Waals surface area contributed by atoms with Crippen molar-refractivity contribution in [1.29, 1.82) is 0 Å². The molecule has 2 heterocycles. The van der Waals surface area contributed by atoms with Crippen LogP contribution in [0.25, 0.3) is 0 Å². The lowest BCUT2D eigenvalue weighted by atomic mass is 10.1. The maximum Gasteiger partial charge on any atom is 0.234 e. The van der Waals surface area contributed by atoms with Gasteiger partial charge in [-0.15, -0.1) is 0 Å². The SMILES string of the molecule is Cc1ccc(C)c(NC(=O)CSC2=N[C@H]3CS(=O)(=O)C[C@@H]3N2c2cc(C)ccc2C)c1. The Morgan fingerprint density at radius 1 is 1.06 bits per heavy atom. The highest BCUT2D eigenvalue weighted by Crippen LogP contribution is 2.37. The van der Waals surface area contributed by atoms with Gasteiger partial charge < -0.3 is 10.2 Å². The average Bonchev–Trinajstić information content (AvgIpc) is 3.16. The number of rotatable bonds is 4. The molecule has 0 unspecified atom stereocenters. The van der Waals surface area contributed by atoms with Gasteiger partial charge in [0.25, 0.3) is 0 Å². The van der Waals surface area contributed by atoms with Crippen LogP contribution < -0.4 is 10.2 Å². The maximum atomic E-state index is 12.6. The number of amidine groups is 1. The van der Waals surface area contributed by atoms with Crippen molar-refractivity contribution in [3.05, 3.63) is 58.7 Å². The number of sulfone groups is 1. The number of aliphatic imine (C=N–C) groups is 1. The van der Waals surface area contributed by atoms with E-state index in [0.717, 1.165) is 38.8 Å². The maximum absolute atomic E-state index is 12.6. The van der Waals surface area contributed by atoms with Crippen LogP contribution in [-0.4, -0.2) is 48.8 Å². The van der Waals surface area contributed by atoms with Crippen LogP contribution in [0.2, 0.25) is 0 Å². The Bertz CT molecular complexity index is 1170. The summed E-state index contributed by atoms with van der Waals surface area (Å²) >= 11 is 1.36. The van der Waals surface area contributed by atoms with Gasteiger partial charge in [-0.05, 0) is 62.1 Å². The summed E-state index contributed by atoms with van der Waals surface area (Å²) < 4.78 is 24.5. The zero-order chi connectivity index (χ0) is 22.3. The van der Waals surface area contributed by atoms with E-state index in [9.17, 15) is 13.2 Å². The Hall–Kier alpha value is -2.32. The first-order valence-electron chi connectivity index (χ1n) is 10.3. The molecule has 2 aromatic carbocycles. The van der Waals surface area contributed by atoms with Gasteiger partial charge in [0.15, 0.2) is 15.0 Å². The van der Waals surface area contributed by atoms with E-state index in [-0.39, 0.29) is 35.2 Å². The van der Waals surface area contributed by atoms with E-state index < -0.39 is 9.84 Å². The van der Waals surface area contributed by atoms with Crippen molar-refractivity contribution in [1.82, 2.24) is 0 Å². The lowest BCUT2D eigenvalue weighted by molar-refractivity contribution is -0.113. The zero-order valence-corrected chi connectivity index (χ0v) is 19.8. The summed E-state index contributed by atoms with van der Waals surface area (Å²) in [5.41, 5.74) is 6.03. The highest BCUT2D eigenvalue weighted by Gasteiger charge is 2.47. The highest BCUT2D eigenvalue weighted by atomic mass is 32.2. The summed E-state index contributed by atoms with van der Waals surface area (Å²) in [6.45, 7) is 7.99. The molecule has 1 fully saturated rings. The third-order valence-corrected chi connectivity index (χ3v) is 8.40. The van der Waals surface area contributed by atoms with Crippen LogP contribution in [0, 0.1) is 27.7 Å². The molecule has 8 heteroatoms. The Morgan fingerprint density at radius 3 is 2.48 bits per heavy atom. The van der Waals surface area contributed by atoms with Gasteiger partial charge in [0.2, 0.25) is 5.91 Å². The summed E-state index contributed by atoms with van der Waals surface area (Å²) in [6, 6.07) is 11.6. The van der Waals surface area contributed by atoms with Gasteiger partial charge in [-0.3, -0.25) is 9.79 Å². The molecule has 0 aromatic heterocycles. The van der Waals surface area contributed by atoms with Crippen molar-refractivity contribution in [2.24, 2.45) is 4.99 Å². The van der Waals surface area contributed by atoms with Crippen molar-refractivity contribution in [3.8, 4) is 0 Å². The average molecular weight is 458 g/mol. The van der Waals surface area contributed by atoms with Crippen LogP contribution in [0.15, 0.2) is 41.4 Å². The molecular weight excluding hydrogens is 430 g/mol. The quantitative estimate of drug-likeness (QED) is 0.758. The first-order chi connectivity index (χ1) is 14.6. The molecule has 1 saturated heterocycles. The van der Waals surface area contributed by atoms with Crippen LogP contribution in [-0.2, 0) is 14.6 Å². The van der Waals surface area contributed by atoms with E-state index >= 15 is 0 Å². The van der Waals surface area contributed by atoms with Crippen molar-refractivity contribution in [3.63, 3.8) is 0 Å². The number of amides is 1. The largest absolute Gasteiger partial charge is 0.325 e.